The Bertz CT molecular complexity index is 1340. The van der Waals surface area contributed by atoms with Gasteiger partial charge in [0.25, 0.3) is 5.88 Å². The van der Waals surface area contributed by atoms with E-state index in [-0.39, 0.29) is 49.6 Å². The van der Waals surface area contributed by atoms with E-state index < -0.39 is 24.0 Å². The van der Waals surface area contributed by atoms with E-state index in [2.05, 4.69) is 21.4 Å². The molecule has 3 aromatic rings. The first-order valence-electron chi connectivity index (χ1n) is 12.2. The summed E-state index contributed by atoms with van der Waals surface area (Å²) in [6, 6.07) is 5.89. The number of thiazole rings is 1. The van der Waals surface area contributed by atoms with Gasteiger partial charge in [0.1, 0.15) is 17.7 Å². The molecule has 1 aromatic carbocycles. The molecule has 1 aliphatic rings. The van der Waals surface area contributed by atoms with Crippen LogP contribution < -0.4 is 10.1 Å². The molecule has 10 nitrogen and oxygen atoms in total. The van der Waals surface area contributed by atoms with Crippen molar-refractivity contribution in [3.8, 4) is 34.4 Å². The molecule has 11 heteroatoms. The molecular formula is C27H30N4O6S. The summed E-state index contributed by atoms with van der Waals surface area (Å²) in [4.78, 5) is 33.3. The van der Waals surface area contributed by atoms with E-state index in [1.807, 2.05) is 26.8 Å². The monoisotopic (exact) mass is 538 g/mol. The highest BCUT2D eigenvalue weighted by Gasteiger charge is 2.43. The predicted octanol–water partition coefficient (Wildman–Crippen LogP) is 2.84. The van der Waals surface area contributed by atoms with Gasteiger partial charge in [-0.2, -0.15) is 0 Å². The smallest absolute Gasteiger partial charge is 0.255 e. The summed E-state index contributed by atoms with van der Waals surface area (Å²) in [6.07, 6.45) is 4.47. The van der Waals surface area contributed by atoms with Gasteiger partial charge in [0.2, 0.25) is 11.8 Å². The van der Waals surface area contributed by atoms with Crippen LogP contribution in [0.5, 0.6) is 11.6 Å². The molecule has 1 aliphatic heterocycles. The number of aromatic hydroxyl groups is 1. The third-order valence-electron chi connectivity index (χ3n) is 6.46. The average molecular weight is 539 g/mol. The lowest BCUT2D eigenvalue weighted by atomic mass is 9.91. The lowest BCUT2D eigenvalue weighted by molar-refractivity contribution is -0.141. The Balaban J connectivity index is 1.46. The largest absolute Gasteiger partial charge is 0.508 e. The maximum atomic E-state index is 13.6. The number of amides is 2. The number of β-amino-alcohol motifs (C(OH)–C–C–N with tert-alkyl or cyclic N) is 1. The van der Waals surface area contributed by atoms with Crippen molar-refractivity contribution in [3.05, 3.63) is 46.8 Å². The Morgan fingerprint density at radius 2 is 2.16 bits per heavy atom. The van der Waals surface area contributed by atoms with Gasteiger partial charge in [-0.15, -0.1) is 17.8 Å². The topological polar surface area (TPSA) is 138 Å². The van der Waals surface area contributed by atoms with Gasteiger partial charge in [-0.05, 0) is 29.6 Å². The van der Waals surface area contributed by atoms with Crippen LogP contribution in [0.4, 0.5) is 0 Å². The highest BCUT2D eigenvalue weighted by Crippen LogP contribution is 2.33. The van der Waals surface area contributed by atoms with E-state index in [1.54, 1.807) is 17.6 Å². The molecule has 2 amide bonds. The van der Waals surface area contributed by atoms with E-state index in [0.29, 0.717) is 11.3 Å². The molecule has 2 aromatic heterocycles. The minimum Gasteiger partial charge on any atom is -0.508 e. The zero-order valence-electron chi connectivity index (χ0n) is 21.4. The van der Waals surface area contributed by atoms with E-state index in [9.17, 15) is 19.8 Å². The lowest BCUT2D eigenvalue weighted by Crippen LogP contribution is -2.48. The molecule has 3 atom stereocenters. The van der Waals surface area contributed by atoms with Crippen LogP contribution in [-0.2, 0) is 16.1 Å². The van der Waals surface area contributed by atoms with Crippen LogP contribution in [0.2, 0.25) is 0 Å². The average Bonchev–Trinajstić information content (AvgIpc) is 3.61. The number of hydrogen-bond donors (Lipinski definition) is 3. The van der Waals surface area contributed by atoms with E-state index in [0.717, 1.165) is 16.1 Å². The quantitative estimate of drug-likeness (QED) is 0.354. The number of carbonyl (C=O) groups is 2. The van der Waals surface area contributed by atoms with Gasteiger partial charge in [-0.1, -0.05) is 31.9 Å². The first-order valence-corrected chi connectivity index (χ1v) is 13.1. The number of aliphatic hydroxyl groups is 1. The Morgan fingerprint density at radius 3 is 2.82 bits per heavy atom. The first kappa shape index (κ1) is 27.2. The molecule has 1 fully saturated rings. The summed E-state index contributed by atoms with van der Waals surface area (Å²) in [5, 5.41) is 27.5. The van der Waals surface area contributed by atoms with Crippen LogP contribution in [0.1, 0.15) is 43.2 Å². The number of likely N-dealkylation sites (tertiary alicyclic amines) is 1. The maximum absolute atomic E-state index is 13.6. The van der Waals surface area contributed by atoms with Crippen molar-refractivity contribution >= 4 is 23.2 Å². The summed E-state index contributed by atoms with van der Waals surface area (Å²) >= 11 is 1.48. The molecular weight excluding hydrogens is 508 g/mol. The van der Waals surface area contributed by atoms with Gasteiger partial charge in [0.15, 0.2) is 12.4 Å². The number of rotatable bonds is 9. The van der Waals surface area contributed by atoms with Crippen molar-refractivity contribution in [1.82, 2.24) is 20.4 Å². The van der Waals surface area contributed by atoms with Crippen LogP contribution in [0.15, 0.2) is 34.3 Å². The van der Waals surface area contributed by atoms with Gasteiger partial charge in [-0.3, -0.25) is 9.59 Å². The Kier molecular flexibility index (Phi) is 8.34. The number of ether oxygens (including phenoxy) is 1. The van der Waals surface area contributed by atoms with E-state index in [4.69, 9.17) is 15.7 Å². The number of phenolic OH excluding ortho intramolecular Hbond substituents is 1. The highest BCUT2D eigenvalue weighted by atomic mass is 32.1. The normalized spacial score (nSPS) is 17.8. The van der Waals surface area contributed by atoms with Crippen molar-refractivity contribution in [3.63, 3.8) is 0 Å². The summed E-state index contributed by atoms with van der Waals surface area (Å²) in [7, 11) is 0. The van der Waals surface area contributed by atoms with Crippen molar-refractivity contribution < 1.29 is 29.1 Å². The predicted molar refractivity (Wildman–Crippen MR) is 140 cm³/mol. The lowest BCUT2D eigenvalue weighted by Gasteiger charge is -2.28. The fourth-order valence-corrected chi connectivity index (χ4v) is 5.36. The summed E-state index contributed by atoms with van der Waals surface area (Å²) in [6.45, 7) is 5.70. The molecule has 0 aliphatic carbocycles. The standard InChI is InChI=1S/C27H30N4O6S/c1-5-8-36-23-11-22(37-30-23)24(15(2)3)27(35)31-13-19(32)10-20(31)26(34)28-12-18-7-6-17(9-21(18)33)25-16(4)29-14-38-25/h1,6-7,9,11,14-15,19-20,24,32-33H,8,10,12-13H2,2-4H3,(H,28,34)/t19-,20+,24?/m1/s1. The minimum absolute atomic E-state index is 0.00991. The molecule has 1 unspecified atom stereocenters. The van der Waals surface area contributed by atoms with Crippen molar-refractivity contribution in [1.29, 1.82) is 0 Å². The van der Waals surface area contributed by atoms with Gasteiger partial charge in [-0.25, -0.2) is 4.98 Å². The second-order valence-corrected chi connectivity index (χ2v) is 10.4. The molecule has 0 saturated carbocycles. The summed E-state index contributed by atoms with van der Waals surface area (Å²) in [5.74, 6) is 1.14. The molecule has 3 heterocycles. The van der Waals surface area contributed by atoms with Crippen molar-refractivity contribution in [2.75, 3.05) is 13.2 Å². The molecule has 38 heavy (non-hydrogen) atoms. The zero-order valence-corrected chi connectivity index (χ0v) is 22.2. The third-order valence-corrected chi connectivity index (χ3v) is 7.44. The Morgan fingerprint density at radius 1 is 1.37 bits per heavy atom. The molecule has 0 spiro atoms. The van der Waals surface area contributed by atoms with Crippen LogP contribution >= 0.6 is 11.3 Å². The minimum atomic E-state index is -0.875. The fraction of sp³-hybridized carbons (Fsp3) is 0.407. The molecule has 0 bridgehead atoms. The maximum Gasteiger partial charge on any atom is 0.255 e. The number of carbonyl (C=O) groups excluding carboxylic acids is 2. The van der Waals surface area contributed by atoms with Crippen LogP contribution in [0, 0.1) is 25.2 Å². The number of aromatic nitrogens is 2. The Labute approximate surface area is 224 Å². The molecule has 3 N–H and O–H groups in total. The number of aryl methyl sites for hydroxylation is 1. The number of hydrogen-bond acceptors (Lipinski definition) is 9. The fourth-order valence-electron chi connectivity index (χ4n) is 4.56. The van der Waals surface area contributed by atoms with E-state index >= 15 is 0 Å². The number of terminal acetylenes is 1. The van der Waals surface area contributed by atoms with Gasteiger partial charge < -0.3 is 29.7 Å². The van der Waals surface area contributed by atoms with Gasteiger partial charge in [0.05, 0.1) is 22.2 Å². The Hall–Kier alpha value is -3.88. The second kappa shape index (κ2) is 11.7. The summed E-state index contributed by atoms with van der Waals surface area (Å²) < 4.78 is 10.6. The van der Waals surface area contributed by atoms with Crippen LogP contribution in [-0.4, -0.2) is 62.4 Å². The van der Waals surface area contributed by atoms with Crippen molar-refractivity contribution in [2.45, 2.75) is 51.8 Å². The van der Waals surface area contributed by atoms with Crippen LogP contribution in [0.3, 0.4) is 0 Å². The number of phenols is 1. The number of aliphatic hydroxyl groups excluding tert-OH is 1. The zero-order chi connectivity index (χ0) is 27.4. The SMILES string of the molecule is C#CCOc1cc(C(C(=O)N2C[C@H](O)C[C@H]2C(=O)NCc2ccc(-c3scnc3C)cc2O)C(C)C)on1. The third kappa shape index (κ3) is 5.82. The summed E-state index contributed by atoms with van der Waals surface area (Å²) in [5.41, 5.74) is 3.99. The van der Waals surface area contributed by atoms with Crippen LogP contribution in [0.25, 0.3) is 10.4 Å². The second-order valence-electron chi connectivity index (χ2n) is 9.51. The molecule has 0 radical (unpaired) electrons. The number of nitrogens with zero attached hydrogens (tertiary/aromatic N) is 3. The molecule has 200 valence electrons. The van der Waals surface area contributed by atoms with Gasteiger partial charge in [0, 0.05) is 31.1 Å². The van der Waals surface area contributed by atoms with Gasteiger partial charge >= 0.3 is 0 Å². The van der Waals surface area contributed by atoms with Crippen molar-refractivity contribution in [2.24, 2.45) is 5.92 Å². The highest BCUT2D eigenvalue weighted by molar-refractivity contribution is 7.13. The molecule has 4 rings (SSSR count). The van der Waals surface area contributed by atoms with E-state index in [1.165, 1.54) is 22.3 Å². The first-order chi connectivity index (χ1) is 18.2. The molecule has 1 saturated heterocycles. The number of benzene rings is 1. The number of nitrogens with one attached hydrogen (secondary N) is 1.